The van der Waals surface area contributed by atoms with Crippen LogP contribution in [0.3, 0.4) is 0 Å². The zero-order chi connectivity index (χ0) is 16.6. The lowest BCUT2D eigenvalue weighted by atomic mass is 9.78. The van der Waals surface area contributed by atoms with Crippen molar-refractivity contribution in [1.29, 1.82) is 0 Å². The maximum absolute atomic E-state index is 3.48. The highest BCUT2D eigenvalue weighted by Crippen LogP contribution is 2.34. The molecule has 0 aromatic rings. The molecule has 2 aliphatic heterocycles. The van der Waals surface area contributed by atoms with Gasteiger partial charge in [-0.25, -0.2) is 0 Å². The van der Waals surface area contributed by atoms with E-state index in [0.29, 0.717) is 5.54 Å². The van der Waals surface area contributed by atoms with Crippen molar-refractivity contribution < 1.29 is 0 Å². The van der Waals surface area contributed by atoms with Crippen LogP contribution in [-0.2, 0) is 0 Å². The van der Waals surface area contributed by atoms with Gasteiger partial charge in [-0.3, -0.25) is 14.7 Å². The first-order valence-electron chi connectivity index (χ1n) is 9.03. The summed E-state index contributed by atoms with van der Waals surface area (Å²) in [6, 6.07) is 0. The summed E-state index contributed by atoms with van der Waals surface area (Å²) in [4.78, 5) is 8.02. The quantitative estimate of drug-likeness (QED) is 0.859. The summed E-state index contributed by atoms with van der Waals surface area (Å²) in [6.45, 7) is 26.1. The molecule has 0 aromatic heterocycles. The van der Waals surface area contributed by atoms with Crippen LogP contribution in [0.1, 0.15) is 48.5 Å². The lowest BCUT2D eigenvalue weighted by molar-refractivity contribution is -0.0673. The number of hydrogen-bond donors (Lipinski definition) is 1. The number of piperazine rings is 2. The molecule has 1 N–H and O–H groups in total. The molecule has 130 valence electrons. The Morgan fingerprint density at radius 3 is 1.32 bits per heavy atom. The highest BCUT2D eigenvalue weighted by molar-refractivity contribution is 5.04. The number of hydrogen-bond acceptors (Lipinski definition) is 4. The molecule has 0 aliphatic carbocycles. The summed E-state index contributed by atoms with van der Waals surface area (Å²) in [5.74, 6) is 0. The van der Waals surface area contributed by atoms with Gasteiger partial charge in [0, 0.05) is 69.0 Å². The van der Waals surface area contributed by atoms with E-state index in [-0.39, 0.29) is 11.1 Å². The normalized spacial score (nSPS) is 24.7. The van der Waals surface area contributed by atoms with E-state index in [4.69, 9.17) is 0 Å². The molecule has 22 heavy (non-hydrogen) atoms. The van der Waals surface area contributed by atoms with Gasteiger partial charge in [0.25, 0.3) is 0 Å². The molecule has 2 aliphatic rings. The molecule has 4 nitrogen and oxygen atoms in total. The van der Waals surface area contributed by atoms with Gasteiger partial charge in [0.05, 0.1) is 0 Å². The molecule has 0 spiro atoms. The van der Waals surface area contributed by atoms with Crippen LogP contribution in [-0.4, -0.2) is 83.7 Å². The van der Waals surface area contributed by atoms with E-state index in [1.165, 1.54) is 39.3 Å². The lowest BCUT2D eigenvalue weighted by Gasteiger charge is -2.57. The maximum Gasteiger partial charge on any atom is 0.0332 e. The topological polar surface area (TPSA) is 21.8 Å². The minimum atomic E-state index is 0.189. The third kappa shape index (κ3) is 3.50. The predicted molar refractivity (Wildman–Crippen MR) is 95.5 cm³/mol. The predicted octanol–water partition coefficient (Wildman–Crippen LogP) is 1.86. The van der Waals surface area contributed by atoms with E-state index < -0.39 is 0 Å². The number of rotatable bonds is 3. The van der Waals surface area contributed by atoms with E-state index in [1.807, 2.05) is 0 Å². The second kappa shape index (κ2) is 6.39. The van der Waals surface area contributed by atoms with Gasteiger partial charge in [-0.05, 0) is 48.5 Å². The molecule has 4 heteroatoms. The van der Waals surface area contributed by atoms with Gasteiger partial charge < -0.3 is 5.32 Å². The smallest absolute Gasteiger partial charge is 0.0332 e. The van der Waals surface area contributed by atoms with Crippen molar-refractivity contribution in [2.24, 2.45) is 0 Å². The minimum Gasteiger partial charge on any atom is -0.314 e. The first kappa shape index (κ1) is 18.2. The third-order valence-corrected chi connectivity index (χ3v) is 6.42. The number of nitrogens with one attached hydrogen (secondary N) is 1. The van der Waals surface area contributed by atoms with Crippen LogP contribution in [0.25, 0.3) is 0 Å². The van der Waals surface area contributed by atoms with Crippen molar-refractivity contribution in [2.75, 3.05) is 52.4 Å². The fourth-order valence-electron chi connectivity index (χ4n) is 3.93. The van der Waals surface area contributed by atoms with Gasteiger partial charge in [0.2, 0.25) is 0 Å². The maximum atomic E-state index is 3.48. The molecule has 2 heterocycles. The van der Waals surface area contributed by atoms with Crippen molar-refractivity contribution in [3.8, 4) is 0 Å². The lowest BCUT2D eigenvalue weighted by Crippen LogP contribution is -2.70. The van der Waals surface area contributed by atoms with Crippen molar-refractivity contribution in [2.45, 2.75) is 65.1 Å². The summed E-state index contributed by atoms with van der Waals surface area (Å²) in [5, 5.41) is 3.48. The third-order valence-electron chi connectivity index (χ3n) is 6.42. The van der Waals surface area contributed by atoms with Crippen LogP contribution < -0.4 is 5.32 Å². The Hall–Kier alpha value is -0.160. The van der Waals surface area contributed by atoms with Crippen LogP contribution >= 0.6 is 0 Å². The molecule has 0 bridgehead atoms. The molecule has 0 saturated carbocycles. The molecule has 2 fully saturated rings. The molecule has 2 rings (SSSR count). The Balaban J connectivity index is 2.03. The van der Waals surface area contributed by atoms with Gasteiger partial charge >= 0.3 is 0 Å². The molecular weight excluding hydrogens is 272 g/mol. The van der Waals surface area contributed by atoms with Crippen molar-refractivity contribution >= 4 is 0 Å². The molecule has 0 aromatic carbocycles. The zero-order valence-corrected chi connectivity index (χ0v) is 16.0. The van der Waals surface area contributed by atoms with Gasteiger partial charge in [0.15, 0.2) is 0 Å². The van der Waals surface area contributed by atoms with Crippen molar-refractivity contribution in [3.05, 3.63) is 0 Å². The van der Waals surface area contributed by atoms with Gasteiger partial charge in [-0.1, -0.05) is 0 Å². The molecule has 0 atom stereocenters. The molecule has 2 saturated heterocycles. The highest BCUT2D eigenvalue weighted by Gasteiger charge is 2.46. The first-order chi connectivity index (χ1) is 10.1. The summed E-state index contributed by atoms with van der Waals surface area (Å²) < 4.78 is 0. The Bertz CT molecular complexity index is 356. The zero-order valence-electron chi connectivity index (χ0n) is 16.0. The second-order valence-electron chi connectivity index (χ2n) is 9.00. The van der Waals surface area contributed by atoms with Crippen LogP contribution in [0.15, 0.2) is 0 Å². The number of nitrogens with zero attached hydrogens (tertiary/aromatic N) is 3. The van der Waals surface area contributed by atoms with Crippen molar-refractivity contribution in [3.63, 3.8) is 0 Å². The fraction of sp³-hybridized carbons (Fsp3) is 1.00. The minimum absolute atomic E-state index is 0.189. The van der Waals surface area contributed by atoms with Crippen molar-refractivity contribution in [1.82, 2.24) is 20.0 Å². The summed E-state index contributed by atoms with van der Waals surface area (Å²) in [5.41, 5.74) is 0.678. The van der Waals surface area contributed by atoms with E-state index in [1.54, 1.807) is 0 Å². The Morgan fingerprint density at radius 1 is 0.545 bits per heavy atom. The standard InChI is InChI=1S/C18H38N4/c1-16(2,3)20-12-14-22(15-13-20)18(6,7)17(4,5)21-10-8-19-9-11-21/h19H,8-15H2,1-7H3. The van der Waals surface area contributed by atoms with Crippen LogP contribution in [0.2, 0.25) is 0 Å². The van der Waals surface area contributed by atoms with Gasteiger partial charge in [-0.15, -0.1) is 0 Å². The first-order valence-corrected chi connectivity index (χ1v) is 9.03. The van der Waals surface area contributed by atoms with E-state index in [2.05, 4.69) is 68.5 Å². The van der Waals surface area contributed by atoms with E-state index in [9.17, 15) is 0 Å². The molecule has 0 amide bonds. The average molecular weight is 311 g/mol. The summed E-state index contributed by atoms with van der Waals surface area (Å²) >= 11 is 0. The largest absolute Gasteiger partial charge is 0.314 e. The SMILES string of the molecule is CC(C)(C)N1CCN(C(C)(C)C(C)(C)N2CCNCC2)CC1. The highest BCUT2D eigenvalue weighted by atomic mass is 15.4. The Kier molecular flexibility index (Phi) is 5.28. The van der Waals surface area contributed by atoms with Crippen LogP contribution in [0.5, 0.6) is 0 Å². The summed E-state index contributed by atoms with van der Waals surface area (Å²) in [6.07, 6.45) is 0. The Morgan fingerprint density at radius 2 is 0.909 bits per heavy atom. The molecule has 0 radical (unpaired) electrons. The average Bonchev–Trinajstić information content (AvgIpc) is 2.47. The van der Waals surface area contributed by atoms with E-state index in [0.717, 1.165) is 13.1 Å². The Labute approximate surface area is 138 Å². The second-order valence-corrected chi connectivity index (χ2v) is 9.00. The summed E-state index contributed by atoms with van der Waals surface area (Å²) in [7, 11) is 0. The van der Waals surface area contributed by atoms with Gasteiger partial charge in [-0.2, -0.15) is 0 Å². The molecular formula is C18H38N4. The van der Waals surface area contributed by atoms with Crippen LogP contribution in [0, 0.1) is 0 Å². The van der Waals surface area contributed by atoms with Gasteiger partial charge in [0.1, 0.15) is 0 Å². The fourth-order valence-corrected chi connectivity index (χ4v) is 3.93. The van der Waals surface area contributed by atoms with Crippen LogP contribution in [0.4, 0.5) is 0 Å². The molecule has 0 unspecified atom stereocenters. The van der Waals surface area contributed by atoms with E-state index >= 15 is 0 Å². The monoisotopic (exact) mass is 310 g/mol.